The van der Waals surface area contributed by atoms with Gasteiger partial charge in [0.2, 0.25) is 0 Å². The van der Waals surface area contributed by atoms with Crippen molar-refractivity contribution in [3.63, 3.8) is 0 Å². The number of halogens is 4. The Bertz CT molecular complexity index is 465. The minimum atomic E-state index is -4.39. The van der Waals surface area contributed by atoms with E-state index in [9.17, 15) is 18.3 Å². The molecular weight excluding hydrogens is 309 g/mol. The second-order valence-electron chi connectivity index (χ2n) is 4.66. The van der Waals surface area contributed by atoms with Gasteiger partial charge in [-0.1, -0.05) is 6.07 Å². The first-order valence-corrected chi connectivity index (χ1v) is 6.32. The average Bonchev–Trinajstić information content (AvgIpc) is 2.39. The Morgan fingerprint density at radius 2 is 1.90 bits per heavy atom. The number of methoxy groups -OCH3 is 1. The molecule has 1 saturated heterocycles. The van der Waals surface area contributed by atoms with Crippen LogP contribution in [0.4, 0.5) is 13.2 Å². The number of aromatic hydroxyl groups is 1. The van der Waals surface area contributed by atoms with Crippen molar-refractivity contribution < 1.29 is 23.0 Å². The number of piperazine rings is 1. The van der Waals surface area contributed by atoms with Crippen LogP contribution in [-0.2, 0) is 0 Å². The molecule has 0 aromatic heterocycles. The van der Waals surface area contributed by atoms with Gasteiger partial charge in [0.15, 0.2) is 11.5 Å². The van der Waals surface area contributed by atoms with Crippen LogP contribution in [0.5, 0.6) is 11.5 Å². The van der Waals surface area contributed by atoms with E-state index in [1.54, 1.807) is 0 Å². The van der Waals surface area contributed by atoms with E-state index in [1.807, 2.05) is 0 Å². The number of phenolic OH excluding ortho intramolecular Hbond substituents is 1. The standard InChI is InChI=1S/C13H17F3N2O2.ClH/c1-20-11-3-2-9(8-10(11)19)12(13(14,15)16)18-6-4-17-5-7-18;/h2-3,8,12,17,19H,4-7H2,1H3;1H/t12-;/m1./s1. The first-order chi connectivity index (χ1) is 9.43. The zero-order valence-corrected chi connectivity index (χ0v) is 12.3. The molecular formula is C13H18ClF3N2O2. The van der Waals surface area contributed by atoms with Crippen molar-refractivity contribution in [2.24, 2.45) is 0 Å². The Labute approximate surface area is 127 Å². The van der Waals surface area contributed by atoms with Gasteiger partial charge in [-0.3, -0.25) is 4.90 Å². The monoisotopic (exact) mass is 326 g/mol. The second-order valence-corrected chi connectivity index (χ2v) is 4.66. The number of benzene rings is 1. The lowest BCUT2D eigenvalue weighted by atomic mass is 10.0. The molecule has 2 rings (SSSR count). The largest absolute Gasteiger partial charge is 0.504 e. The normalized spacial score (nSPS) is 17.9. The van der Waals surface area contributed by atoms with Crippen LogP contribution in [-0.4, -0.2) is 49.5 Å². The zero-order chi connectivity index (χ0) is 14.8. The van der Waals surface area contributed by atoms with Gasteiger partial charge >= 0.3 is 6.18 Å². The number of nitrogens with one attached hydrogen (secondary N) is 1. The number of alkyl halides is 3. The van der Waals surface area contributed by atoms with Crippen LogP contribution < -0.4 is 10.1 Å². The number of phenols is 1. The van der Waals surface area contributed by atoms with Gasteiger partial charge in [0.1, 0.15) is 6.04 Å². The quantitative estimate of drug-likeness (QED) is 0.895. The Hall–Kier alpha value is -1.18. The molecule has 1 atom stereocenters. The predicted molar refractivity (Wildman–Crippen MR) is 75.1 cm³/mol. The summed E-state index contributed by atoms with van der Waals surface area (Å²) >= 11 is 0. The van der Waals surface area contributed by atoms with Crippen molar-refractivity contribution in [1.82, 2.24) is 10.2 Å². The van der Waals surface area contributed by atoms with Crippen LogP contribution in [0.15, 0.2) is 18.2 Å². The van der Waals surface area contributed by atoms with Crippen LogP contribution in [0.1, 0.15) is 11.6 Å². The minimum absolute atomic E-state index is 0. The molecule has 1 fully saturated rings. The zero-order valence-electron chi connectivity index (χ0n) is 11.5. The summed E-state index contributed by atoms with van der Waals surface area (Å²) in [6, 6.07) is 2.12. The maximum absolute atomic E-state index is 13.3. The van der Waals surface area contributed by atoms with E-state index in [2.05, 4.69) is 5.32 Å². The SMILES string of the molecule is COc1ccc([C@@H](N2CCNCC2)C(F)(F)F)cc1O.Cl. The molecule has 0 unspecified atom stereocenters. The maximum Gasteiger partial charge on any atom is 0.408 e. The van der Waals surface area contributed by atoms with Gasteiger partial charge in [-0.25, -0.2) is 0 Å². The van der Waals surface area contributed by atoms with Crippen molar-refractivity contribution in [1.29, 1.82) is 0 Å². The van der Waals surface area contributed by atoms with Gasteiger partial charge in [0.05, 0.1) is 7.11 Å². The first kappa shape index (κ1) is 17.9. The molecule has 0 bridgehead atoms. The highest BCUT2D eigenvalue weighted by Crippen LogP contribution is 2.40. The van der Waals surface area contributed by atoms with Gasteiger partial charge in [-0.15, -0.1) is 12.4 Å². The molecule has 0 aliphatic carbocycles. The molecule has 0 saturated carbocycles. The summed E-state index contributed by atoms with van der Waals surface area (Å²) in [5.74, 6) is -0.121. The van der Waals surface area contributed by atoms with Crippen LogP contribution in [0.3, 0.4) is 0 Å². The molecule has 1 aromatic carbocycles. The summed E-state index contributed by atoms with van der Waals surface area (Å²) < 4.78 is 44.8. The van der Waals surface area contributed by atoms with Gasteiger partial charge in [0, 0.05) is 26.2 Å². The number of ether oxygens (including phenoxy) is 1. The highest BCUT2D eigenvalue weighted by atomic mass is 35.5. The molecule has 1 heterocycles. The minimum Gasteiger partial charge on any atom is -0.504 e. The summed E-state index contributed by atoms with van der Waals surface area (Å²) in [7, 11) is 1.35. The topological polar surface area (TPSA) is 44.7 Å². The molecule has 8 heteroatoms. The molecule has 2 N–H and O–H groups in total. The van der Waals surface area contributed by atoms with Crippen LogP contribution in [0, 0.1) is 0 Å². The molecule has 0 amide bonds. The summed E-state index contributed by atoms with van der Waals surface area (Å²) in [5, 5.41) is 12.7. The molecule has 4 nitrogen and oxygen atoms in total. The fourth-order valence-electron chi connectivity index (χ4n) is 2.42. The Kier molecular flexibility index (Phi) is 6.12. The molecule has 21 heavy (non-hydrogen) atoms. The molecule has 1 aliphatic heterocycles. The lowest BCUT2D eigenvalue weighted by Gasteiger charge is -2.36. The Balaban J connectivity index is 0.00000220. The summed E-state index contributed by atoms with van der Waals surface area (Å²) in [6.45, 7) is 1.68. The van der Waals surface area contributed by atoms with Crippen molar-refractivity contribution in [2.45, 2.75) is 12.2 Å². The number of rotatable bonds is 3. The third-order valence-electron chi connectivity index (χ3n) is 3.35. The Morgan fingerprint density at radius 3 is 2.38 bits per heavy atom. The van der Waals surface area contributed by atoms with Crippen molar-refractivity contribution in [3.8, 4) is 11.5 Å². The number of nitrogens with zero attached hydrogens (tertiary/aromatic N) is 1. The van der Waals surface area contributed by atoms with E-state index < -0.39 is 12.2 Å². The lowest BCUT2D eigenvalue weighted by molar-refractivity contribution is -0.187. The predicted octanol–water partition coefficient (Wildman–Crippen LogP) is 2.33. The van der Waals surface area contributed by atoms with Gasteiger partial charge < -0.3 is 15.2 Å². The van der Waals surface area contributed by atoms with Crippen LogP contribution in [0.25, 0.3) is 0 Å². The van der Waals surface area contributed by atoms with E-state index in [1.165, 1.54) is 24.1 Å². The first-order valence-electron chi connectivity index (χ1n) is 6.32. The maximum atomic E-state index is 13.3. The third-order valence-corrected chi connectivity index (χ3v) is 3.35. The highest BCUT2D eigenvalue weighted by molar-refractivity contribution is 5.85. The van der Waals surface area contributed by atoms with E-state index >= 15 is 0 Å². The second kappa shape index (κ2) is 7.20. The summed E-state index contributed by atoms with van der Waals surface area (Å²) in [5.41, 5.74) is 0.0256. The van der Waals surface area contributed by atoms with Crippen LogP contribution in [0.2, 0.25) is 0 Å². The highest BCUT2D eigenvalue weighted by Gasteiger charge is 2.45. The summed E-state index contributed by atoms with van der Waals surface area (Å²) in [4.78, 5) is 1.37. The molecule has 1 aromatic rings. The molecule has 120 valence electrons. The van der Waals surface area contributed by atoms with E-state index in [0.29, 0.717) is 26.2 Å². The van der Waals surface area contributed by atoms with Gasteiger partial charge in [0.25, 0.3) is 0 Å². The van der Waals surface area contributed by atoms with Crippen molar-refractivity contribution in [2.75, 3.05) is 33.3 Å². The van der Waals surface area contributed by atoms with E-state index in [-0.39, 0.29) is 29.5 Å². The Morgan fingerprint density at radius 1 is 1.29 bits per heavy atom. The van der Waals surface area contributed by atoms with Crippen molar-refractivity contribution >= 4 is 12.4 Å². The smallest absolute Gasteiger partial charge is 0.408 e. The number of hydrogen-bond acceptors (Lipinski definition) is 4. The summed E-state index contributed by atoms with van der Waals surface area (Å²) in [6.07, 6.45) is -4.39. The molecule has 0 spiro atoms. The molecule has 1 aliphatic rings. The van der Waals surface area contributed by atoms with E-state index in [4.69, 9.17) is 4.74 Å². The fraction of sp³-hybridized carbons (Fsp3) is 0.538. The fourth-order valence-corrected chi connectivity index (χ4v) is 2.42. The van der Waals surface area contributed by atoms with Gasteiger partial charge in [-0.05, 0) is 17.7 Å². The number of hydrogen-bond donors (Lipinski definition) is 2. The average molecular weight is 327 g/mol. The lowest BCUT2D eigenvalue weighted by Crippen LogP contribution is -2.49. The van der Waals surface area contributed by atoms with Crippen molar-refractivity contribution in [3.05, 3.63) is 23.8 Å². The van der Waals surface area contributed by atoms with Gasteiger partial charge in [-0.2, -0.15) is 13.2 Å². The van der Waals surface area contributed by atoms with E-state index in [0.717, 1.165) is 6.07 Å². The molecule has 0 radical (unpaired) electrons. The van der Waals surface area contributed by atoms with Crippen LogP contribution >= 0.6 is 12.4 Å². The third kappa shape index (κ3) is 4.15.